The average molecular weight is 681 g/mol. The second kappa shape index (κ2) is 10.8. The zero-order valence-electron chi connectivity index (χ0n) is 23.5. The van der Waals surface area contributed by atoms with Gasteiger partial charge in [0.25, 0.3) is 11.4 Å². The number of nitriles is 2. The van der Waals surface area contributed by atoms with E-state index in [2.05, 4.69) is 9.69 Å². The lowest BCUT2D eigenvalue weighted by atomic mass is 10.00. The minimum Gasteiger partial charge on any atom is -0.245 e. The molecule has 14 heteroatoms. The highest BCUT2D eigenvalue weighted by molar-refractivity contribution is 7.15. The summed E-state index contributed by atoms with van der Waals surface area (Å²) in [5.41, 5.74) is 2.74. The number of thiophene rings is 2. The van der Waals surface area contributed by atoms with E-state index in [-0.39, 0.29) is 45.3 Å². The van der Waals surface area contributed by atoms with Gasteiger partial charge in [0.05, 0.1) is 48.1 Å². The first-order chi connectivity index (χ1) is 22.9. The van der Waals surface area contributed by atoms with Gasteiger partial charge in [-0.15, -0.1) is 22.7 Å². The molecule has 0 bridgehead atoms. The van der Waals surface area contributed by atoms with Gasteiger partial charge in [-0.25, -0.2) is 30.2 Å². The average Bonchev–Trinajstić information content (AvgIpc) is 3.85. The second-order valence-corrected chi connectivity index (χ2v) is 12.5. The Morgan fingerprint density at radius 1 is 0.583 bits per heavy atom. The molecule has 48 heavy (non-hydrogen) atoms. The van der Waals surface area contributed by atoms with Crippen LogP contribution in [-0.2, 0) is 12.4 Å². The monoisotopic (exact) mass is 680 g/mol. The summed E-state index contributed by atoms with van der Waals surface area (Å²) in [6.45, 7) is 15.4. The van der Waals surface area contributed by atoms with E-state index in [4.69, 9.17) is 23.1 Å². The van der Waals surface area contributed by atoms with E-state index in [1.807, 2.05) is 12.1 Å². The smallest absolute Gasteiger partial charge is 0.245 e. The molecule has 230 valence electrons. The van der Waals surface area contributed by atoms with Gasteiger partial charge in [0.15, 0.2) is 0 Å². The maximum absolute atomic E-state index is 13.3. The molecule has 6 nitrogen and oxygen atoms in total. The summed E-state index contributed by atoms with van der Waals surface area (Å²) in [6, 6.07) is 17.9. The van der Waals surface area contributed by atoms with Crippen molar-refractivity contribution >= 4 is 33.8 Å². The van der Waals surface area contributed by atoms with Crippen LogP contribution in [0.5, 0.6) is 0 Å². The summed E-state index contributed by atoms with van der Waals surface area (Å²) in [7, 11) is 0. The molecule has 5 aromatic rings. The van der Waals surface area contributed by atoms with E-state index < -0.39 is 22.1 Å². The van der Waals surface area contributed by atoms with Gasteiger partial charge in [-0.2, -0.15) is 26.3 Å². The standard InChI is InChI=1S/C34H10F6N6S2/c1-43-21(13-41)27-19-11-15(23-7-9-25(47-23)33(35,36)37)3-5-17(19)29-31(27)45-30-18-6-4-16(24-8-10-26(48-24)34(38,39)40)12-20(18)28(32(30)46-29)22(14-42)44-2/h3-12H/b27-21-,28-22+. The van der Waals surface area contributed by atoms with Crippen molar-refractivity contribution in [3.05, 3.63) is 127 Å². The topological polar surface area (TPSA) is 82.1 Å². The number of allylic oxidation sites excluding steroid dienone is 2. The van der Waals surface area contributed by atoms with Crippen LogP contribution in [-0.4, -0.2) is 9.97 Å². The molecule has 7 rings (SSSR count). The van der Waals surface area contributed by atoms with Gasteiger partial charge in [0.2, 0.25) is 0 Å². The number of fused-ring (bicyclic) bond motifs is 6. The summed E-state index contributed by atoms with van der Waals surface area (Å²) in [5.74, 6) is 0. The van der Waals surface area contributed by atoms with E-state index in [0.717, 1.165) is 12.1 Å². The molecule has 0 saturated carbocycles. The Morgan fingerprint density at radius 3 is 1.29 bits per heavy atom. The van der Waals surface area contributed by atoms with Crippen LogP contribution >= 0.6 is 22.7 Å². The molecular weight excluding hydrogens is 671 g/mol. The normalized spacial score (nSPS) is 14.9. The third kappa shape index (κ3) is 4.66. The first-order valence-corrected chi connectivity index (χ1v) is 15.1. The molecule has 0 fully saturated rings. The first kappa shape index (κ1) is 30.6. The Balaban J connectivity index is 1.43. The number of hydrogen-bond acceptors (Lipinski definition) is 6. The highest BCUT2D eigenvalue weighted by atomic mass is 32.1. The number of alkyl halides is 6. The summed E-state index contributed by atoms with van der Waals surface area (Å²) in [5, 5.41) is 19.8. The quantitative estimate of drug-likeness (QED) is 0.103. The number of nitrogens with zero attached hydrogens (tertiary/aromatic N) is 6. The highest BCUT2D eigenvalue weighted by Crippen LogP contribution is 2.52. The van der Waals surface area contributed by atoms with E-state index in [1.54, 1.807) is 36.4 Å². The largest absolute Gasteiger partial charge is 0.425 e. The fourth-order valence-corrected chi connectivity index (χ4v) is 7.42. The number of rotatable bonds is 2. The van der Waals surface area contributed by atoms with Crippen molar-refractivity contribution in [1.29, 1.82) is 10.5 Å². The minimum atomic E-state index is -4.53. The van der Waals surface area contributed by atoms with Gasteiger partial charge in [0, 0.05) is 32.0 Å². The second-order valence-electron chi connectivity index (χ2n) is 10.4. The van der Waals surface area contributed by atoms with E-state index in [0.29, 0.717) is 65.8 Å². The molecule has 0 unspecified atom stereocenters. The number of aromatic nitrogens is 2. The summed E-state index contributed by atoms with van der Waals surface area (Å²) in [4.78, 5) is 15.4. The third-order valence-electron chi connectivity index (χ3n) is 7.71. The molecule has 0 N–H and O–H groups in total. The molecule has 2 aliphatic rings. The van der Waals surface area contributed by atoms with Gasteiger partial charge < -0.3 is 0 Å². The van der Waals surface area contributed by atoms with Crippen LogP contribution in [0, 0.1) is 35.8 Å². The highest BCUT2D eigenvalue weighted by Gasteiger charge is 2.38. The van der Waals surface area contributed by atoms with E-state index in [9.17, 15) is 36.9 Å². The number of halogens is 6. The molecule has 3 heterocycles. The van der Waals surface area contributed by atoms with Crippen molar-refractivity contribution in [2.24, 2.45) is 0 Å². The SMILES string of the molecule is [C-]#[N+]/C(C#N)=C1/c2cc(-c3ccc(C(F)(F)F)s3)ccc2-c2nc3c(nc21)-c1ccc(-c2ccc(C(F)(F)F)s2)cc1/C3=C(/C#N)[N+]#[C-]. The molecule has 3 aromatic heterocycles. The zero-order valence-corrected chi connectivity index (χ0v) is 25.2. The molecule has 0 amide bonds. The van der Waals surface area contributed by atoms with Crippen molar-refractivity contribution < 1.29 is 26.3 Å². The molecule has 0 radical (unpaired) electrons. The van der Waals surface area contributed by atoms with Gasteiger partial charge >= 0.3 is 12.4 Å². The van der Waals surface area contributed by atoms with Crippen LogP contribution in [0.15, 0.2) is 72.1 Å². The molecule has 0 atom stereocenters. The Morgan fingerprint density at radius 2 is 0.979 bits per heavy atom. The van der Waals surface area contributed by atoms with Gasteiger partial charge in [-0.3, -0.25) is 0 Å². The molecule has 2 aliphatic carbocycles. The Hall–Kier alpha value is -6.06. The van der Waals surface area contributed by atoms with Crippen molar-refractivity contribution in [2.45, 2.75) is 12.4 Å². The van der Waals surface area contributed by atoms with Gasteiger partial charge in [-0.1, -0.05) is 24.3 Å². The minimum absolute atomic E-state index is 0.127. The number of benzene rings is 2. The first-order valence-electron chi connectivity index (χ1n) is 13.5. The van der Waals surface area contributed by atoms with Crippen LogP contribution in [0.3, 0.4) is 0 Å². The predicted molar refractivity (Wildman–Crippen MR) is 166 cm³/mol. The number of hydrogen-bond donors (Lipinski definition) is 0. The Bertz CT molecular complexity index is 2280. The van der Waals surface area contributed by atoms with E-state index >= 15 is 0 Å². The Kier molecular flexibility index (Phi) is 6.85. The molecule has 2 aromatic carbocycles. The van der Waals surface area contributed by atoms with Crippen LogP contribution < -0.4 is 0 Å². The van der Waals surface area contributed by atoms with Crippen LogP contribution in [0.2, 0.25) is 0 Å². The molecule has 0 aliphatic heterocycles. The van der Waals surface area contributed by atoms with E-state index in [1.165, 1.54) is 12.1 Å². The maximum Gasteiger partial charge on any atom is 0.425 e. The molecular formula is C34H10F6N6S2. The van der Waals surface area contributed by atoms with Crippen molar-refractivity contribution in [3.63, 3.8) is 0 Å². The fraction of sp³-hybridized carbons (Fsp3) is 0.0588. The lowest BCUT2D eigenvalue weighted by molar-refractivity contribution is -0.135. The summed E-state index contributed by atoms with van der Waals surface area (Å²) in [6.07, 6.45) is -9.06. The molecule has 0 saturated heterocycles. The van der Waals surface area contributed by atoms with Crippen LogP contribution in [0.25, 0.3) is 64.2 Å². The lowest BCUT2D eigenvalue weighted by Gasteiger charge is -2.06. The van der Waals surface area contributed by atoms with Crippen LogP contribution in [0.1, 0.15) is 32.3 Å². The summed E-state index contributed by atoms with van der Waals surface area (Å²) >= 11 is 1.09. The maximum atomic E-state index is 13.3. The van der Waals surface area contributed by atoms with Crippen molar-refractivity contribution in [2.75, 3.05) is 0 Å². The zero-order chi connectivity index (χ0) is 34.1. The fourth-order valence-electron chi connectivity index (χ4n) is 5.68. The van der Waals surface area contributed by atoms with Crippen molar-refractivity contribution in [1.82, 2.24) is 9.97 Å². The Labute approximate surface area is 275 Å². The van der Waals surface area contributed by atoms with Gasteiger partial charge in [0.1, 0.15) is 9.75 Å². The third-order valence-corrected chi connectivity index (χ3v) is 10.1. The van der Waals surface area contributed by atoms with Crippen LogP contribution in [0.4, 0.5) is 26.3 Å². The summed E-state index contributed by atoms with van der Waals surface area (Å²) < 4.78 is 79.9. The van der Waals surface area contributed by atoms with Gasteiger partial charge in [-0.05, 0) is 58.7 Å². The molecule has 0 spiro atoms. The predicted octanol–water partition coefficient (Wildman–Crippen LogP) is 10.3. The lowest BCUT2D eigenvalue weighted by Crippen LogP contribution is -2.00. The van der Waals surface area contributed by atoms with Crippen molar-refractivity contribution in [3.8, 4) is 55.5 Å².